The summed E-state index contributed by atoms with van der Waals surface area (Å²) in [6.45, 7) is 0.370. The number of hydrogen-bond acceptors (Lipinski definition) is 5. The first-order chi connectivity index (χ1) is 9.71. The number of anilines is 1. The predicted octanol–water partition coefficient (Wildman–Crippen LogP) is 0.442. The van der Waals surface area contributed by atoms with Crippen molar-refractivity contribution in [3.05, 3.63) is 41.7 Å². The molecule has 2 aromatic rings. The summed E-state index contributed by atoms with van der Waals surface area (Å²) in [6.07, 6.45) is 1.99. The molecule has 1 amide bonds. The number of carbonyl (C=O) groups is 1. The zero-order valence-corrected chi connectivity index (χ0v) is 10.8. The Morgan fingerprint density at radius 2 is 2.15 bits per heavy atom. The molecule has 0 spiro atoms. The highest BCUT2D eigenvalue weighted by molar-refractivity contribution is 5.90. The van der Waals surface area contributed by atoms with Crippen LogP contribution in [0.15, 0.2) is 30.5 Å². The Labute approximate surface area is 116 Å². The van der Waals surface area contributed by atoms with Crippen molar-refractivity contribution in [3.8, 4) is 6.07 Å². The van der Waals surface area contributed by atoms with E-state index < -0.39 is 0 Å². The lowest BCUT2D eigenvalue weighted by Gasteiger charge is -2.05. The molecule has 0 bridgehead atoms. The van der Waals surface area contributed by atoms with Crippen molar-refractivity contribution in [2.75, 3.05) is 5.32 Å². The summed E-state index contributed by atoms with van der Waals surface area (Å²) in [7, 11) is 0. The average Bonchev–Trinajstić information content (AvgIpc) is 2.89. The van der Waals surface area contributed by atoms with Crippen LogP contribution < -0.4 is 11.1 Å². The normalized spacial score (nSPS) is 10.0. The molecule has 2 rings (SSSR count). The minimum absolute atomic E-state index is 0.0763. The molecular formula is C13H14N6O. The third-order valence-corrected chi connectivity index (χ3v) is 2.62. The average molecular weight is 270 g/mol. The molecule has 0 fully saturated rings. The number of carbonyl (C=O) groups excluding carboxylic acids is 1. The molecule has 7 nitrogen and oxygen atoms in total. The van der Waals surface area contributed by atoms with Crippen molar-refractivity contribution in [3.63, 3.8) is 0 Å². The Morgan fingerprint density at radius 3 is 2.75 bits per heavy atom. The molecule has 0 radical (unpaired) electrons. The van der Waals surface area contributed by atoms with Crippen molar-refractivity contribution in [1.82, 2.24) is 15.0 Å². The second-order valence-electron chi connectivity index (χ2n) is 4.19. The Balaban J connectivity index is 1.92. The summed E-state index contributed by atoms with van der Waals surface area (Å²) in [5.41, 5.74) is 7.64. The fraction of sp³-hybridized carbons (Fsp3) is 0.231. The lowest BCUT2D eigenvalue weighted by molar-refractivity contribution is -0.116. The van der Waals surface area contributed by atoms with Crippen molar-refractivity contribution in [2.24, 2.45) is 5.73 Å². The van der Waals surface area contributed by atoms with Crippen LogP contribution in [0.4, 0.5) is 5.69 Å². The smallest absolute Gasteiger partial charge is 0.246 e. The minimum atomic E-state index is -0.202. The molecule has 3 N–H and O–H groups in total. The molecule has 20 heavy (non-hydrogen) atoms. The van der Waals surface area contributed by atoms with E-state index in [2.05, 4.69) is 21.7 Å². The first-order valence-corrected chi connectivity index (χ1v) is 6.06. The zero-order valence-electron chi connectivity index (χ0n) is 10.8. The van der Waals surface area contributed by atoms with E-state index >= 15 is 0 Å². The van der Waals surface area contributed by atoms with Gasteiger partial charge in [-0.2, -0.15) is 5.26 Å². The summed E-state index contributed by atoms with van der Waals surface area (Å²) in [5, 5.41) is 18.9. The fourth-order valence-electron chi connectivity index (χ4n) is 1.65. The van der Waals surface area contributed by atoms with E-state index in [1.165, 1.54) is 4.68 Å². The lowest BCUT2D eigenvalue weighted by atomic mass is 10.1. The Hall–Kier alpha value is -2.72. The molecule has 0 saturated heterocycles. The topological polar surface area (TPSA) is 110 Å². The largest absolute Gasteiger partial charge is 0.325 e. The first kappa shape index (κ1) is 13.7. The second-order valence-corrected chi connectivity index (χ2v) is 4.19. The number of hydrogen-bond donors (Lipinski definition) is 2. The van der Waals surface area contributed by atoms with Crippen molar-refractivity contribution < 1.29 is 4.79 Å². The van der Waals surface area contributed by atoms with Crippen LogP contribution in [0.2, 0.25) is 0 Å². The summed E-state index contributed by atoms with van der Waals surface area (Å²) < 4.78 is 1.43. The van der Waals surface area contributed by atoms with Gasteiger partial charge in [-0.05, 0) is 17.7 Å². The molecule has 0 aliphatic heterocycles. The van der Waals surface area contributed by atoms with Crippen LogP contribution in [0.5, 0.6) is 0 Å². The van der Waals surface area contributed by atoms with E-state index in [0.717, 1.165) is 5.56 Å². The molecule has 0 saturated carbocycles. The summed E-state index contributed by atoms with van der Waals surface area (Å²) in [4.78, 5) is 11.8. The van der Waals surface area contributed by atoms with Crippen LogP contribution in [-0.4, -0.2) is 20.9 Å². The van der Waals surface area contributed by atoms with Crippen molar-refractivity contribution in [2.45, 2.75) is 19.5 Å². The Bertz CT molecular complexity index is 625. The fourth-order valence-corrected chi connectivity index (χ4v) is 1.65. The van der Waals surface area contributed by atoms with E-state index in [0.29, 0.717) is 24.3 Å². The maximum Gasteiger partial charge on any atom is 0.246 e. The molecule has 0 aliphatic carbocycles. The molecule has 0 aliphatic rings. The van der Waals surface area contributed by atoms with Crippen LogP contribution in [0, 0.1) is 11.3 Å². The highest BCUT2D eigenvalue weighted by atomic mass is 16.2. The maximum atomic E-state index is 11.8. The Morgan fingerprint density at radius 1 is 1.40 bits per heavy atom. The lowest BCUT2D eigenvalue weighted by Crippen LogP contribution is -2.19. The van der Waals surface area contributed by atoms with Crippen LogP contribution in [0.1, 0.15) is 11.3 Å². The van der Waals surface area contributed by atoms with Crippen LogP contribution in [0.3, 0.4) is 0 Å². The molecule has 1 aromatic carbocycles. The molecule has 102 valence electrons. The first-order valence-electron chi connectivity index (χ1n) is 6.06. The maximum absolute atomic E-state index is 11.8. The number of benzene rings is 1. The van der Waals surface area contributed by atoms with Gasteiger partial charge in [-0.1, -0.05) is 17.3 Å². The highest BCUT2D eigenvalue weighted by Gasteiger charge is 2.06. The van der Waals surface area contributed by atoms with Gasteiger partial charge in [0.25, 0.3) is 0 Å². The van der Waals surface area contributed by atoms with Gasteiger partial charge < -0.3 is 11.1 Å². The third-order valence-electron chi connectivity index (χ3n) is 2.62. The molecule has 1 aromatic heterocycles. The van der Waals surface area contributed by atoms with Crippen molar-refractivity contribution >= 4 is 11.6 Å². The van der Waals surface area contributed by atoms with Gasteiger partial charge in [0.15, 0.2) is 0 Å². The number of nitriles is 1. The van der Waals surface area contributed by atoms with E-state index in [1.807, 2.05) is 0 Å². The second kappa shape index (κ2) is 6.45. The van der Waals surface area contributed by atoms with Crippen LogP contribution in [0.25, 0.3) is 0 Å². The SMILES string of the molecule is N#CCc1ccc(NC(=O)Cn2cc(CN)nn2)cc1. The van der Waals surface area contributed by atoms with Crippen LogP contribution >= 0.6 is 0 Å². The van der Waals surface area contributed by atoms with Gasteiger partial charge in [0, 0.05) is 12.2 Å². The Kier molecular flexibility index (Phi) is 4.42. The van der Waals surface area contributed by atoms with Gasteiger partial charge >= 0.3 is 0 Å². The van der Waals surface area contributed by atoms with Gasteiger partial charge in [0.05, 0.1) is 24.4 Å². The van der Waals surface area contributed by atoms with Crippen molar-refractivity contribution in [1.29, 1.82) is 5.26 Å². The van der Waals surface area contributed by atoms with Gasteiger partial charge in [0.2, 0.25) is 5.91 Å². The van der Waals surface area contributed by atoms with Crippen LogP contribution in [-0.2, 0) is 24.3 Å². The van der Waals surface area contributed by atoms with Gasteiger partial charge in [-0.15, -0.1) is 5.10 Å². The molecule has 0 unspecified atom stereocenters. The van der Waals surface area contributed by atoms with E-state index in [-0.39, 0.29) is 12.5 Å². The van der Waals surface area contributed by atoms with Gasteiger partial charge in [-0.3, -0.25) is 4.79 Å². The number of aromatic nitrogens is 3. The summed E-state index contributed by atoms with van der Waals surface area (Å²) >= 11 is 0. The standard InChI is InChI=1S/C13H14N6O/c14-6-5-10-1-3-11(4-2-10)16-13(20)9-19-8-12(7-15)17-18-19/h1-4,8H,5,7,9,15H2,(H,16,20). The van der Waals surface area contributed by atoms with E-state index in [4.69, 9.17) is 11.0 Å². The minimum Gasteiger partial charge on any atom is -0.325 e. The number of amides is 1. The third kappa shape index (κ3) is 3.63. The zero-order chi connectivity index (χ0) is 14.4. The number of nitrogens with one attached hydrogen (secondary N) is 1. The quantitative estimate of drug-likeness (QED) is 0.819. The summed E-state index contributed by atoms with van der Waals surface area (Å²) in [5.74, 6) is -0.202. The molecule has 1 heterocycles. The predicted molar refractivity (Wildman–Crippen MR) is 72.3 cm³/mol. The molecule has 0 atom stereocenters. The molecular weight excluding hydrogens is 256 g/mol. The van der Waals surface area contributed by atoms with Gasteiger partial charge in [0.1, 0.15) is 6.54 Å². The monoisotopic (exact) mass is 270 g/mol. The number of nitrogens with zero attached hydrogens (tertiary/aromatic N) is 4. The number of nitrogens with two attached hydrogens (primary N) is 1. The summed E-state index contributed by atoms with van der Waals surface area (Å²) in [6, 6.07) is 9.20. The number of rotatable bonds is 5. The highest BCUT2D eigenvalue weighted by Crippen LogP contribution is 2.10. The molecule has 7 heteroatoms. The van der Waals surface area contributed by atoms with Gasteiger partial charge in [-0.25, -0.2) is 4.68 Å². The van der Waals surface area contributed by atoms with E-state index in [9.17, 15) is 4.79 Å². The van der Waals surface area contributed by atoms with E-state index in [1.54, 1.807) is 30.5 Å².